The van der Waals surface area contributed by atoms with Gasteiger partial charge in [-0.3, -0.25) is 0 Å². The molecule has 1 fully saturated rings. The SMILES string of the molecule is CC(C1CCC1)C(N)C(C)(C)C. The average Bonchev–Trinajstić information content (AvgIpc) is 1.79. The Morgan fingerprint density at radius 3 is 2.00 bits per heavy atom. The third-order valence-corrected chi connectivity index (χ3v) is 3.46. The topological polar surface area (TPSA) is 26.0 Å². The first-order valence-electron chi connectivity index (χ1n) is 5.18. The molecule has 0 spiro atoms. The fraction of sp³-hybridized carbons (Fsp3) is 1.00. The summed E-state index contributed by atoms with van der Waals surface area (Å²) in [6, 6.07) is 0.364. The van der Waals surface area contributed by atoms with Crippen molar-refractivity contribution >= 4 is 0 Å². The molecule has 0 saturated heterocycles. The molecule has 0 heterocycles. The summed E-state index contributed by atoms with van der Waals surface area (Å²) in [5, 5.41) is 0. The molecular weight excluding hydrogens is 146 g/mol. The molecular formula is C11H23N. The molecule has 1 saturated carbocycles. The normalized spacial score (nSPS) is 24.8. The van der Waals surface area contributed by atoms with Gasteiger partial charge in [0.05, 0.1) is 0 Å². The zero-order valence-electron chi connectivity index (χ0n) is 8.93. The van der Waals surface area contributed by atoms with Crippen LogP contribution in [0.15, 0.2) is 0 Å². The molecule has 1 heteroatoms. The second kappa shape index (κ2) is 3.37. The van der Waals surface area contributed by atoms with Crippen LogP contribution in [0.2, 0.25) is 0 Å². The van der Waals surface area contributed by atoms with Crippen LogP contribution >= 0.6 is 0 Å². The summed E-state index contributed by atoms with van der Waals surface area (Å²) in [6.07, 6.45) is 4.24. The molecule has 1 aliphatic rings. The van der Waals surface area contributed by atoms with Crippen molar-refractivity contribution in [1.29, 1.82) is 0 Å². The Morgan fingerprint density at radius 1 is 1.25 bits per heavy atom. The average molecular weight is 169 g/mol. The van der Waals surface area contributed by atoms with E-state index in [0.29, 0.717) is 12.0 Å². The largest absolute Gasteiger partial charge is 0.327 e. The van der Waals surface area contributed by atoms with Gasteiger partial charge < -0.3 is 5.73 Å². The summed E-state index contributed by atoms with van der Waals surface area (Å²) in [6.45, 7) is 9.05. The predicted octanol–water partition coefficient (Wildman–Crippen LogP) is 2.80. The molecule has 72 valence electrons. The minimum atomic E-state index is 0.273. The van der Waals surface area contributed by atoms with E-state index >= 15 is 0 Å². The molecule has 0 aromatic heterocycles. The van der Waals surface area contributed by atoms with Gasteiger partial charge in [-0.25, -0.2) is 0 Å². The quantitative estimate of drug-likeness (QED) is 0.676. The highest BCUT2D eigenvalue weighted by molar-refractivity contribution is 4.87. The molecule has 0 radical (unpaired) electrons. The number of hydrogen-bond donors (Lipinski definition) is 1. The van der Waals surface area contributed by atoms with Crippen molar-refractivity contribution in [3.8, 4) is 0 Å². The second-order valence-electron chi connectivity index (χ2n) is 5.44. The Morgan fingerprint density at radius 2 is 1.75 bits per heavy atom. The van der Waals surface area contributed by atoms with Gasteiger partial charge in [-0.05, 0) is 17.3 Å². The molecule has 0 aromatic rings. The van der Waals surface area contributed by atoms with Crippen LogP contribution in [-0.2, 0) is 0 Å². The van der Waals surface area contributed by atoms with Crippen LogP contribution in [0.25, 0.3) is 0 Å². The second-order valence-corrected chi connectivity index (χ2v) is 5.44. The lowest BCUT2D eigenvalue weighted by atomic mass is 9.68. The molecule has 1 nitrogen and oxygen atoms in total. The summed E-state index contributed by atoms with van der Waals surface area (Å²) >= 11 is 0. The smallest absolute Gasteiger partial charge is 0.0116 e. The lowest BCUT2D eigenvalue weighted by molar-refractivity contribution is 0.136. The molecule has 0 amide bonds. The van der Waals surface area contributed by atoms with Crippen LogP contribution in [-0.4, -0.2) is 6.04 Å². The monoisotopic (exact) mass is 169 g/mol. The van der Waals surface area contributed by atoms with Gasteiger partial charge in [-0.15, -0.1) is 0 Å². The van der Waals surface area contributed by atoms with Gasteiger partial charge >= 0.3 is 0 Å². The van der Waals surface area contributed by atoms with Crippen molar-refractivity contribution in [1.82, 2.24) is 0 Å². The van der Waals surface area contributed by atoms with E-state index in [1.165, 1.54) is 19.3 Å². The third kappa shape index (κ3) is 2.01. The highest BCUT2D eigenvalue weighted by Crippen LogP contribution is 2.38. The Bertz CT molecular complexity index is 142. The molecule has 1 rings (SSSR count). The first-order valence-corrected chi connectivity index (χ1v) is 5.18. The van der Waals surface area contributed by atoms with Crippen LogP contribution in [0.1, 0.15) is 47.0 Å². The van der Waals surface area contributed by atoms with Crippen molar-refractivity contribution in [2.24, 2.45) is 23.0 Å². The molecule has 0 aromatic carbocycles. The minimum absolute atomic E-state index is 0.273. The van der Waals surface area contributed by atoms with Gasteiger partial charge in [0.25, 0.3) is 0 Å². The van der Waals surface area contributed by atoms with Crippen molar-refractivity contribution in [2.75, 3.05) is 0 Å². The van der Waals surface area contributed by atoms with Crippen molar-refractivity contribution in [3.63, 3.8) is 0 Å². The van der Waals surface area contributed by atoms with Crippen LogP contribution in [0, 0.1) is 17.3 Å². The molecule has 0 aliphatic heterocycles. The lowest BCUT2D eigenvalue weighted by Crippen LogP contribution is -2.44. The Balaban J connectivity index is 2.45. The third-order valence-electron chi connectivity index (χ3n) is 3.46. The summed E-state index contributed by atoms with van der Waals surface area (Å²) in [4.78, 5) is 0. The van der Waals surface area contributed by atoms with E-state index in [1.54, 1.807) is 0 Å². The molecule has 1 aliphatic carbocycles. The maximum Gasteiger partial charge on any atom is 0.0116 e. The van der Waals surface area contributed by atoms with Crippen molar-refractivity contribution in [3.05, 3.63) is 0 Å². The molecule has 0 bridgehead atoms. The highest BCUT2D eigenvalue weighted by Gasteiger charge is 2.33. The summed E-state index contributed by atoms with van der Waals surface area (Å²) in [5.74, 6) is 1.62. The van der Waals surface area contributed by atoms with Gasteiger partial charge in [-0.2, -0.15) is 0 Å². The fourth-order valence-electron chi connectivity index (χ4n) is 2.05. The van der Waals surface area contributed by atoms with Gasteiger partial charge in [0.2, 0.25) is 0 Å². The van der Waals surface area contributed by atoms with E-state index in [2.05, 4.69) is 27.7 Å². The van der Waals surface area contributed by atoms with E-state index in [1.807, 2.05) is 0 Å². The zero-order valence-corrected chi connectivity index (χ0v) is 8.93. The van der Waals surface area contributed by atoms with Crippen molar-refractivity contribution in [2.45, 2.75) is 53.0 Å². The number of hydrogen-bond acceptors (Lipinski definition) is 1. The molecule has 2 atom stereocenters. The minimum Gasteiger partial charge on any atom is -0.327 e. The molecule has 2 unspecified atom stereocenters. The Kier molecular flexibility index (Phi) is 2.82. The van der Waals surface area contributed by atoms with E-state index in [9.17, 15) is 0 Å². The maximum absolute atomic E-state index is 6.20. The van der Waals surface area contributed by atoms with Gasteiger partial charge in [-0.1, -0.05) is 47.0 Å². The van der Waals surface area contributed by atoms with E-state index in [0.717, 1.165) is 5.92 Å². The zero-order chi connectivity index (χ0) is 9.35. The van der Waals surface area contributed by atoms with Crippen LogP contribution in [0.4, 0.5) is 0 Å². The van der Waals surface area contributed by atoms with E-state index < -0.39 is 0 Å². The lowest BCUT2D eigenvalue weighted by Gasteiger charge is -2.40. The van der Waals surface area contributed by atoms with Gasteiger partial charge in [0, 0.05) is 6.04 Å². The predicted molar refractivity (Wildman–Crippen MR) is 53.9 cm³/mol. The van der Waals surface area contributed by atoms with E-state index in [-0.39, 0.29) is 5.41 Å². The highest BCUT2D eigenvalue weighted by atomic mass is 14.7. The first kappa shape index (κ1) is 10.0. The molecule has 12 heavy (non-hydrogen) atoms. The van der Waals surface area contributed by atoms with Crippen LogP contribution < -0.4 is 5.73 Å². The van der Waals surface area contributed by atoms with Crippen LogP contribution in [0.5, 0.6) is 0 Å². The first-order chi connectivity index (χ1) is 5.43. The maximum atomic E-state index is 6.20. The Labute approximate surface area is 76.7 Å². The summed E-state index contributed by atoms with van der Waals surface area (Å²) in [5.41, 5.74) is 6.48. The van der Waals surface area contributed by atoms with E-state index in [4.69, 9.17) is 5.73 Å². The van der Waals surface area contributed by atoms with Gasteiger partial charge in [0.15, 0.2) is 0 Å². The number of rotatable bonds is 2. The fourth-order valence-corrected chi connectivity index (χ4v) is 2.05. The Hall–Kier alpha value is -0.0400. The number of nitrogens with two attached hydrogens (primary N) is 1. The molecule has 2 N–H and O–H groups in total. The standard InChI is InChI=1S/C11H23N/c1-8(9-6-5-7-9)10(12)11(2,3)4/h8-10H,5-7,12H2,1-4H3. The summed E-state index contributed by atoms with van der Waals surface area (Å²) < 4.78 is 0. The van der Waals surface area contributed by atoms with Gasteiger partial charge in [0.1, 0.15) is 0 Å². The van der Waals surface area contributed by atoms with Crippen LogP contribution in [0.3, 0.4) is 0 Å². The summed E-state index contributed by atoms with van der Waals surface area (Å²) in [7, 11) is 0. The van der Waals surface area contributed by atoms with Crippen molar-refractivity contribution < 1.29 is 0 Å².